The van der Waals surface area contributed by atoms with Gasteiger partial charge in [-0.2, -0.15) is 0 Å². The number of primary amides is 2. The SMILES string of the molecule is CC(CCC(=O)NC(Cc1ccc(OCc2ccccc2)cc1)C(N)=O)C(N)=O. The zero-order chi connectivity index (χ0) is 21.2. The van der Waals surface area contributed by atoms with Gasteiger partial charge in [0, 0.05) is 18.8 Å². The maximum Gasteiger partial charge on any atom is 0.240 e. The van der Waals surface area contributed by atoms with Gasteiger partial charge in [-0.05, 0) is 29.7 Å². The Hall–Kier alpha value is -3.35. The summed E-state index contributed by atoms with van der Waals surface area (Å²) in [5, 5.41) is 2.62. The largest absolute Gasteiger partial charge is 0.489 e. The average Bonchev–Trinajstić information content (AvgIpc) is 2.71. The summed E-state index contributed by atoms with van der Waals surface area (Å²) in [7, 11) is 0. The Balaban J connectivity index is 1.87. The molecule has 5 N–H and O–H groups in total. The molecule has 2 unspecified atom stereocenters. The third-order valence-corrected chi connectivity index (χ3v) is 4.58. The predicted molar refractivity (Wildman–Crippen MR) is 110 cm³/mol. The summed E-state index contributed by atoms with van der Waals surface area (Å²) < 4.78 is 5.74. The molecule has 0 aromatic heterocycles. The van der Waals surface area contributed by atoms with Gasteiger partial charge in [-0.15, -0.1) is 0 Å². The molecule has 0 saturated heterocycles. The lowest BCUT2D eigenvalue weighted by molar-refractivity contribution is -0.128. The standard InChI is InChI=1S/C22H27N3O4/c1-15(21(23)27)7-12-20(26)25-19(22(24)28)13-16-8-10-18(11-9-16)29-14-17-5-3-2-4-6-17/h2-6,8-11,15,19H,7,12-14H2,1H3,(H2,23,27)(H2,24,28)(H,25,26). The Morgan fingerprint density at radius 1 is 0.931 bits per heavy atom. The van der Waals surface area contributed by atoms with E-state index in [9.17, 15) is 14.4 Å². The van der Waals surface area contributed by atoms with Crippen molar-refractivity contribution in [2.24, 2.45) is 17.4 Å². The van der Waals surface area contributed by atoms with Crippen LogP contribution in [0, 0.1) is 5.92 Å². The zero-order valence-corrected chi connectivity index (χ0v) is 16.5. The molecule has 0 bridgehead atoms. The van der Waals surface area contributed by atoms with Crippen molar-refractivity contribution in [1.29, 1.82) is 0 Å². The number of hydrogen-bond acceptors (Lipinski definition) is 4. The first-order valence-corrected chi connectivity index (χ1v) is 9.49. The Labute approximate surface area is 170 Å². The minimum atomic E-state index is -0.831. The fourth-order valence-corrected chi connectivity index (χ4v) is 2.68. The molecule has 29 heavy (non-hydrogen) atoms. The van der Waals surface area contributed by atoms with E-state index in [1.165, 1.54) is 0 Å². The van der Waals surface area contributed by atoms with E-state index < -0.39 is 23.8 Å². The van der Waals surface area contributed by atoms with Crippen molar-refractivity contribution in [2.75, 3.05) is 0 Å². The number of carbonyl (C=O) groups excluding carboxylic acids is 3. The molecule has 7 nitrogen and oxygen atoms in total. The van der Waals surface area contributed by atoms with Crippen LogP contribution in [-0.2, 0) is 27.4 Å². The number of nitrogens with one attached hydrogen (secondary N) is 1. The van der Waals surface area contributed by atoms with Crippen LogP contribution in [0.2, 0.25) is 0 Å². The molecule has 2 aromatic rings. The summed E-state index contributed by atoms with van der Waals surface area (Å²) in [6.45, 7) is 2.12. The first-order valence-electron chi connectivity index (χ1n) is 9.49. The maximum atomic E-state index is 12.1. The second-order valence-corrected chi connectivity index (χ2v) is 6.99. The molecule has 0 heterocycles. The number of amides is 3. The molecule has 0 radical (unpaired) electrons. The van der Waals surface area contributed by atoms with E-state index in [4.69, 9.17) is 16.2 Å². The molecular weight excluding hydrogens is 370 g/mol. The highest BCUT2D eigenvalue weighted by molar-refractivity contribution is 5.87. The first-order chi connectivity index (χ1) is 13.8. The molecule has 2 atom stereocenters. The normalized spacial score (nSPS) is 12.6. The minimum Gasteiger partial charge on any atom is -0.489 e. The number of carbonyl (C=O) groups is 3. The molecule has 0 aliphatic carbocycles. The van der Waals surface area contributed by atoms with E-state index in [2.05, 4.69) is 5.32 Å². The van der Waals surface area contributed by atoms with E-state index in [-0.39, 0.29) is 18.7 Å². The van der Waals surface area contributed by atoms with Crippen LogP contribution >= 0.6 is 0 Å². The van der Waals surface area contributed by atoms with Gasteiger partial charge >= 0.3 is 0 Å². The van der Waals surface area contributed by atoms with E-state index in [0.29, 0.717) is 18.8 Å². The molecule has 0 spiro atoms. The van der Waals surface area contributed by atoms with Crippen molar-refractivity contribution < 1.29 is 19.1 Å². The van der Waals surface area contributed by atoms with Gasteiger partial charge in [0.15, 0.2) is 0 Å². The second-order valence-electron chi connectivity index (χ2n) is 6.99. The van der Waals surface area contributed by atoms with Gasteiger partial charge in [0.1, 0.15) is 18.4 Å². The van der Waals surface area contributed by atoms with Gasteiger partial charge in [0.25, 0.3) is 0 Å². The lowest BCUT2D eigenvalue weighted by Crippen LogP contribution is -2.46. The minimum absolute atomic E-state index is 0.0974. The Morgan fingerprint density at radius 3 is 2.17 bits per heavy atom. The van der Waals surface area contributed by atoms with Crippen LogP contribution in [-0.4, -0.2) is 23.8 Å². The number of nitrogens with two attached hydrogens (primary N) is 2. The quantitative estimate of drug-likeness (QED) is 0.533. The van der Waals surface area contributed by atoms with Crippen LogP contribution in [0.3, 0.4) is 0 Å². The van der Waals surface area contributed by atoms with Crippen LogP contribution in [0.1, 0.15) is 30.9 Å². The van der Waals surface area contributed by atoms with E-state index in [1.807, 2.05) is 54.6 Å². The number of hydrogen-bond donors (Lipinski definition) is 3. The topological polar surface area (TPSA) is 125 Å². The number of rotatable bonds is 11. The highest BCUT2D eigenvalue weighted by Gasteiger charge is 2.19. The lowest BCUT2D eigenvalue weighted by Gasteiger charge is -2.16. The average molecular weight is 397 g/mol. The summed E-state index contributed by atoms with van der Waals surface area (Å²) in [5.74, 6) is -1.12. The molecule has 0 saturated carbocycles. The summed E-state index contributed by atoms with van der Waals surface area (Å²) in [4.78, 5) is 34.8. The van der Waals surface area contributed by atoms with Gasteiger partial charge in [0.2, 0.25) is 17.7 Å². The Bertz CT molecular complexity index is 822. The van der Waals surface area contributed by atoms with Crippen LogP contribution in [0.15, 0.2) is 54.6 Å². The van der Waals surface area contributed by atoms with Crippen LogP contribution in [0.4, 0.5) is 0 Å². The van der Waals surface area contributed by atoms with Crippen LogP contribution < -0.4 is 21.5 Å². The fraction of sp³-hybridized carbons (Fsp3) is 0.318. The van der Waals surface area contributed by atoms with E-state index in [0.717, 1.165) is 11.1 Å². The lowest BCUT2D eigenvalue weighted by atomic mass is 10.0. The van der Waals surface area contributed by atoms with Gasteiger partial charge in [-0.25, -0.2) is 0 Å². The highest BCUT2D eigenvalue weighted by atomic mass is 16.5. The Kier molecular flexibility index (Phi) is 8.21. The fourth-order valence-electron chi connectivity index (χ4n) is 2.68. The third kappa shape index (κ3) is 7.65. The van der Waals surface area contributed by atoms with Gasteiger partial charge in [-0.3, -0.25) is 14.4 Å². The van der Waals surface area contributed by atoms with Gasteiger partial charge in [-0.1, -0.05) is 49.4 Å². The predicted octanol–water partition coefficient (Wildman–Crippen LogP) is 1.68. The van der Waals surface area contributed by atoms with Crippen LogP contribution in [0.5, 0.6) is 5.75 Å². The summed E-state index contributed by atoms with van der Waals surface area (Å²) in [6.07, 6.45) is 0.686. The molecule has 7 heteroatoms. The van der Waals surface area contributed by atoms with Gasteiger partial charge < -0.3 is 21.5 Å². The van der Waals surface area contributed by atoms with Crippen molar-refractivity contribution >= 4 is 17.7 Å². The number of benzene rings is 2. The molecule has 3 amide bonds. The molecule has 154 valence electrons. The molecular formula is C22H27N3O4. The summed E-state index contributed by atoms with van der Waals surface area (Å²) in [5.41, 5.74) is 12.5. The zero-order valence-electron chi connectivity index (χ0n) is 16.5. The van der Waals surface area contributed by atoms with E-state index >= 15 is 0 Å². The summed E-state index contributed by atoms with van der Waals surface area (Å²) in [6, 6.07) is 16.3. The molecule has 0 aliphatic heterocycles. The van der Waals surface area contributed by atoms with Crippen molar-refractivity contribution in [3.63, 3.8) is 0 Å². The van der Waals surface area contributed by atoms with Crippen molar-refractivity contribution in [3.8, 4) is 5.75 Å². The molecule has 0 aliphatic rings. The molecule has 0 fully saturated rings. The Morgan fingerprint density at radius 2 is 1.59 bits per heavy atom. The highest BCUT2D eigenvalue weighted by Crippen LogP contribution is 2.15. The van der Waals surface area contributed by atoms with Crippen molar-refractivity contribution in [3.05, 3.63) is 65.7 Å². The third-order valence-electron chi connectivity index (χ3n) is 4.58. The molecule has 2 rings (SSSR count). The van der Waals surface area contributed by atoms with Gasteiger partial charge in [0.05, 0.1) is 0 Å². The smallest absolute Gasteiger partial charge is 0.240 e. The maximum absolute atomic E-state index is 12.1. The van der Waals surface area contributed by atoms with Crippen molar-refractivity contribution in [1.82, 2.24) is 5.32 Å². The van der Waals surface area contributed by atoms with Crippen LogP contribution in [0.25, 0.3) is 0 Å². The monoisotopic (exact) mass is 397 g/mol. The summed E-state index contributed by atoms with van der Waals surface area (Å²) >= 11 is 0. The second kappa shape index (κ2) is 10.8. The van der Waals surface area contributed by atoms with E-state index in [1.54, 1.807) is 6.92 Å². The number of ether oxygens (including phenoxy) is 1. The first kappa shape index (κ1) is 21.9. The van der Waals surface area contributed by atoms with Crippen molar-refractivity contribution in [2.45, 2.75) is 38.8 Å². The molecule has 2 aromatic carbocycles.